The molecule has 0 heterocycles. The van der Waals surface area contributed by atoms with Gasteiger partial charge in [0.2, 0.25) is 0 Å². The molecule has 55 heavy (non-hydrogen) atoms. The van der Waals surface area contributed by atoms with E-state index in [2.05, 4.69) is 207 Å². The monoisotopic (exact) mass is 699 g/mol. The molecule has 3 aliphatic rings. The highest BCUT2D eigenvalue weighted by Gasteiger charge is 2.51. The number of fused-ring (bicyclic) bond motifs is 16. The number of benzene rings is 9. The van der Waals surface area contributed by atoms with Crippen LogP contribution in [-0.4, -0.2) is 0 Å². The van der Waals surface area contributed by atoms with Gasteiger partial charge in [-0.25, -0.2) is 0 Å². The van der Waals surface area contributed by atoms with Crippen molar-refractivity contribution in [3.63, 3.8) is 0 Å². The van der Waals surface area contributed by atoms with E-state index in [9.17, 15) is 0 Å². The second-order valence-corrected chi connectivity index (χ2v) is 16.0. The average molecular weight is 700 g/mol. The van der Waals surface area contributed by atoms with Crippen molar-refractivity contribution in [3.05, 3.63) is 221 Å². The van der Waals surface area contributed by atoms with Crippen LogP contribution in [0.25, 0.3) is 54.9 Å². The molecular formula is C54H37N. The van der Waals surface area contributed by atoms with Gasteiger partial charge in [-0.2, -0.15) is 0 Å². The van der Waals surface area contributed by atoms with Crippen LogP contribution in [0.15, 0.2) is 188 Å². The molecule has 0 N–H and O–H groups in total. The van der Waals surface area contributed by atoms with E-state index < -0.39 is 5.41 Å². The summed E-state index contributed by atoms with van der Waals surface area (Å²) in [4.78, 5) is 2.50. The third-order valence-corrected chi connectivity index (χ3v) is 13.1. The Balaban J connectivity index is 1.14. The molecule has 1 heteroatoms. The molecule has 0 saturated heterocycles. The van der Waals surface area contributed by atoms with Crippen LogP contribution in [0.5, 0.6) is 0 Å². The molecule has 0 atom stereocenters. The molecule has 0 unspecified atom stereocenters. The molecule has 0 aliphatic heterocycles. The van der Waals surface area contributed by atoms with Crippen LogP contribution in [0, 0.1) is 0 Å². The summed E-state index contributed by atoms with van der Waals surface area (Å²) in [7, 11) is 0. The van der Waals surface area contributed by atoms with Gasteiger partial charge in [-0.15, -0.1) is 0 Å². The van der Waals surface area contributed by atoms with Gasteiger partial charge in [0.15, 0.2) is 0 Å². The van der Waals surface area contributed by atoms with Crippen molar-refractivity contribution in [2.75, 3.05) is 4.90 Å². The van der Waals surface area contributed by atoms with Crippen LogP contribution in [0.2, 0.25) is 0 Å². The molecule has 9 aromatic rings. The van der Waals surface area contributed by atoms with E-state index in [1.807, 2.05) is 0 Å². The molecule has 1 nitrogen and oxygen atoms in total. The predicted octanol–water partition coefficient (Wildman–Crippen LogP) is 14.1. The summed E-state index contributed by atoms with van der Waals surface area (Å²) in [5, 5.41) is 5.04. The molecule has 0 radical (unpaired) electrons. The van der Waals surface area contributed by atoms with E-state index in [4.69, 9.17) is 0 Å². The largest absolute Gasteiger partial charge is 0.310 e. The summed E-state index contributed by atoms with van der Waals surface area (Å²) in [6, 6.07) is 70.8. The van der Waals surface area contributed by atoms with Gasteiger partial charge in [0, 0.05) is 22.5 Å². The Morgan fingerprint density at radius 1 is 0.309 bits per heavy atom. The quantitative estimate of drug-likeness (QED) is 0.166. The predicted molar refractivity (Wildman–Crippen MR) is 230 cm³/mol. The molecule has 0 fully saturated rings. The summed E-state index contributed by atoms with van der Waals surface area (Å²) in [6.07, 6.45) is 0. The van der Waals surface area contributed by atoms with Gasteiger partial charge in [-0.3, -0.25) is 0 Å². The Bertz CT molecular complexity index is 3030. The zero-order valence-corrected chi connectivity index (χ0v) is 30.8. The molecule has 0 bridgehead atoms. The van der Waals surface area contributed by atoms with E-state index in [1.54, 1.807) is 0 Å². The Labute approximate surface area is 321 Å². The van der Waals surface area contributed by atoms with E-state index in [0.29, 0.717) is 0 Å². The summed E-state index contributed by atoms with van der Waals surface area (Å²) in [5.74, 6) is 0. The first-order valence-corrected chi connectivity index (χ1v) is 19.4. The molecular weight excluding hydrogens is 663 g/mol. The van der Waals surface area contributed by atoms with Crippen LogP contribution in [-0.2, 0) is 10.8 Å². The fourth-order valence-electron chi connectivity index (χ4n) is 10.6. The highest BCUT2D eigenvalue weighted by molar-refractivity contribution is 6.09. The molecule has 9 aromatic carbocycles. The minimum Gasteiger partial charge on any atom is -0.310 e. The summed E-state index contributed by atoms with van der Waals surface area (Å²) < 4.78 is 0. The third-order valence-electron chi connectivity index (χ3n) is 13.1. The lowest BCUT2D eigenvalue weighted by Crippen LogP contribution is -2.26. The van der Waals surface area contributed by atoms with Crippen molar-refractivity contribution in [1.82, 2.24) is 0 Å². The lowest BCUT2D eigenvalue weighted by molar-refractivity contribution is 0.660. The smallest absolute Gasteiger partial charge is 0.0726 e. The molecule has 0 amide bonds. The fraction of sp³-hybridized carbons (Fsp3) is 0.0741. The zero-order chi connectivity index (χ0) is 36.5. The van der Waals surface area contributed by atoms with E-state index in [1.165, 1.54) is 88.3 Å². The third kappa shape index (κ3) is 3.97. The second kappa shape index (κ2) is 10.9. The maximum absolute atomic E-state index is 2.51. The molecule has 0 aromatic heterocycles. The fourth-order valence-corrected chi connectivity index (χ4v) is 10.6. The minimum absolute atomic E-state index is 0.117. The first-order valence-electron chi connectivity index (χ1n) is 19.4. The highest BCUT2D eigenvalue weighted by Crippen LogP contribution is 2.63. The van der Waals surface area contributed by atoms with Gasteiger partial charge in [0.25, 0.3) is 0 Å². The molecule has 3 aliphatic carbocycles. The molecule has 0 saturated carbocycles. The van der Waals surface area contributed by atoms with Crippen LogP contribution in [0.3, 0.4) is 0 Å². The van der Waals surface area contributed by atoms with Gasteiger partial charge < -0.3 is 4.90 Å². The number of hydrogen-bond donors (Lipinski definition) is 0. The van der Waals surface area contributed by atoms with Gasteiger partial charge in [0.1, 0.15) is 0 Å². The van der Waals surface area contributed by atoms with Gasteiger partial charge >= 0.3 is 0 Å². The Hall–Kier alpha value is -6.70. The van der Waals surface area contributed by atoms with Crippen LogP contribution >= 0.6 is 0 Å². The number of rotatable bonds is 3. The standard InChI is InChI=1S/C54H37N/c1-53(2)47-19-9-5-15-40(47)44-29-27-37(32-51(44)53)55(36-26-25-35-24-23-34-13-3-4-14-39(34)46(35)31-36)38-28-30-45-43-18-8-12-22-50(43)54(52(45)33-38)48-20-10-6-16-41(48)42-17-7-11-21-49(42)54/h3-33H,1-2H3. The number of hydrogen-bond acceptors (Lipinski definition) is 1. The lowest BCUT2D eigenvalue weighted by Gasteiger charge is -2.32. The van der Waals surface area contributed by atoms with E-state index in [0.717, 1.165) is 17.1 Å². The summed E-state index contributed by atoms with van der Waals surface area (Å²) in [5.41, 5.74) is 19.1. The molecule has 1 spiro atoms. The highest BCUT2D eigenvalue weighted by atomic mass is 15.1. The van der Waals surface area contributed by atoms with Crippen LogP contribution in [0.1, 0.15) is 47.2 Å². The maximum atomic E-state index is 2.51. The van der Waals surface area contributed by atoms with Crippen LogP contribution < -0.4 is 4.90 Å². The second-order valence-electron chi connectivity index (χ2n) is 16.0. The van der Waals surface area contributed by atoms with Crippen molar-refractivity contribution in [1.29, 1.82) is 0 Å². The summed E-state index contributed by atoms with van der Waals surface area (Å²) in [6.45, 7) is 4.75. The molecule has 12 rings (SSSR count). The first-order chi connectivity index (χ1) is 27.0. The topological polar surface area (TPSA) is 3.24 Å². The first kappa shape index (κ1) is 30.7. The van der Waals surface area contributed by atoms with Crippen molar-refractivity contribution in [2.24, 2.45) is 0 Å². The SMILES string of the molecule is CC1(C)c2ccccc2-c2ccc(N(c3ccc4c(c3)C3(c5ccccc5-c5ccccc53)c3ccccc3-4)c3ccc4ccc5ccccc5c4c3)cc21. The van der Waals surface area contributed by atoms with E-state index in [-0.39, 0.29) is 5.41 Å². The Morgan fingerprint density at radius 2 is 0.709 bits per heavy atom. The zero-order valence-electron chi connectivity index (χ0n) is 30.8. The Morgan fingerprint density at radius 3 is 1.33 bits per heavy atom. The van der Waals surface area contributed by atoms with Crippen molar-refractivity contribution >= 4 is 38.6 Å². The van der Waals surface area contributed by atoms with E-state index >= 15 is 0 Å². The maximum Gasteiger partial charge on any atom is 0.0726 e. The lowest BCUT2D eigenvalue weighted by atomic mass is 9.70. The summed E-state index contributed by atoms with van der Waals surface area (Å²) >= 11 is 0. The van der Waals surface area contributed by atoms with Gasteiger partial charge in [0.05, 0.1) is 5.41 Å². The minimum atomic E-state index is -0.415. The molecule has 258 valence electrons. The number of nitrogens with zero attached hydrogens (tertiary/aromatic N) is 1. The van der Waals surface area contributed by atoms with Crippen molar-refractivity contribution in [2.45, 2.75) is 24.7 Å². The average Bonchev–Trinajstić information content (AvgIpc) is 3.79. The van der Waals surface area contributed by atoms with Crippen molar-refractivity contribution < 1.29 is 0 Å². The van der Waals surface area contributed by atoms with Gasteiger partial charge in [-0.1, -0.05) is 166 Å². The number of anilines is 3. The Kier molecular flexibility index (Phi) is 6.11. The van der Waals surface area contributed by atoms with Gasteiger partial charge in [-0.05, 0) is 125 Å². The normalized spacial score (nSPS) is 14.7. The van der Waals surface area contributed by atoms with Crippen LogP contribution in [0.4, 0.5) is 17.1 Å². The van der Waals surface area contributed by atoms with Crippen molar-refractivity contribution in [3.8, 4) is 33.4 Å².